The molecule has 54 heavy (non-hydrogen) atoms. The smallest absolute Gasteiger partial charge is 0.420 e. The topological polar surface area (TPSA) is 73.8 Å². The molecule has 3 aliphatic carbocycles. The van der Waals surface area contributed by atoms with E-state index in [4.69, 9.17) is 32.9 Å². The molecule has 0 aromatic rings. The van der Waals surface area contributed by atoms with E-state index in [1.165, 1.54) is 96.3 Å². The van der Waals surface area contributed by atoms with E-state index in [1.54, 1.807) is 0 Å². The third-order valence-corrected chi connectivity index (χ3v) is 38.8. The van der Waals surface area contributed by atoms with Gasteiger partial charge in [0.2, 0.25) is 0 Å². The second-order valence-corrected chi connectivity index (χ2v) is 47.0. The molecule has 0 amide bonds. The van der Waals surface area contributed by atoms with Gasteiger partial charge in [-0.05, 0) is 136 Å². The molecule has 0 atom stereocenters. The fourth-order valence-electron chi connectivity index (χ4n) is 7.94. The van der Waals surface area contributed by atoms with Gasteiger partial charge in [0, 0.05) is 16.6 Å². The number of hydrogen-bond donors (Lipinski definition) is 0. The fourth-order valence-corrected chi connectivity index (χ4v) is 44.1. The van der Waals surface area contributed by atoms with Crippen LogP contribution < -0.4 is 0 Å². The van der Waals surface area contributed by atoms with Crippen molar-refractivity contribution in [2.24, 2.45) is 5.92 Å². The number of hydrogen-bond acceptors (Lipinski definition) is 8. The normalized spacial score (nSPS) is 19.1. The van der Waals surface area contributed by atoms with Gasteiger partial charge in [0.05, 0.1) is 0 Å². The van der Waals surface area contributed by atoms with E-state index in [0.717, 1.165) is 5.92 Å². The first-order valence-corrected chi connectivity index (χ1v) is 47.5. The number of rotatable bonds is 19. The summed E-state index contributed by atoms with van der Waals surface area (Å²) < 4.78 is 54.9. The third kappa shape index (κ3) is 20.9. The Hall–Kier alpha value is 1.85. The predicted octanol–water partition coefficient (Wildman–Crippen LogP) is 10.5. The Morgan fingerprint density at radius 3 is 0.667 bits per heavy atom. The first-order chi connectivity index (χ1) is 25.2. The summed E-state index contributed by atoms with van der Waals surface area (Å²) in [7, 11) is -17.0. The molecular weight excluding hydrogens is 841 g/mol. The molecule has 3 saturated carbocycles. The Morgan fingerprint density at radius 2 is 0.481 bits per heavy atom. The molecular formula is C36H92O8Si10. The first kappa shape index (κ1) is 53.9. The molecule has 0 spiro atoms. The summed E-state index contributed by atoms with van der Waals surface area (Å²) in [4.78, 5) is 0. The second-order valence-electron chi connectivity index (χ2n) is 18.8. The summed E-state index contributed by atoms with van der Waals surface area (Å²) in [5.41, 5.74) is 1.44. The Bertz CT molecular complexity index is 853. The van der Waals surface area contributed by atoms with Crippen LogP contribution in [-0.4, -0.2) is 89.7 Å². The molecule has 0 N–H and O–H groups in total. The van der Waals surface area contributed by atoms with Crippen LogP contribution in [0.25, 0.3) is 0 Å². The molecule has 0 radical (unpaired) electrons. The highest BCUT2D eigenvalue weighted by Crippen LogP contribution is 2.47. The molecule has 0 aromatic carbocycles. The molecule has 324 valence electrons. The lowest BCUT2D eigenvalue weighted by Gasteiger charge is -2.49. The molecule has 0 aliphatic heterocycles. The minimum atomic E-state index is -2.89. The van der Waals surface area contributed by atoms with Crippen molar-refractivity contribution in [1.29, 1.82) is 0 Å². The van der Waals surface area contributed by atoms with Crippen molar-refractivity contribution in [2.45, 2.75) is 225 Å². The minimum Gasteiger partial charge on any atom is -0.420 e. The molecule has 3 rings (SSSR count). The van der Waals surface area contributed by atoms with Crippen LogP contribution in [0.4, 0.5) is 0 Å². The van der Waals surface area contributed by atoms with Crippen LogP contribution in [0.15, 0.2) is 0 Å². The summed E-state index contributed by atoms with van der Waals surface area (Å²) in [6.45, 7) is 38.2. The van der Waals surface area contributed by atoms with E-state index in [-0.39, 0.29) is 0 Å². The monoisotopic (exact) mass is 932 g/mol. The van der Waals surface area contributed by atoms with Gasteiger partial charge in [0.25, 0.3) is 0 Å². The van der Waals surface area contributed by atoms with Gasteiger partial charge in [-0.25, -0.2) is 0 Å². The van der Waals surface area contributed by atoms with Crippen molar-refractivity contribution >= 4 is 89.7 Å². The van der Waals surface area contributed by atoms with Gasteiger partial charge in [-0.3, -0.25) is 0 Å². The third-order valence-electron chi connectivity index (χ3n) is 9.40. The van der Waals surface area contributed by atoms with E-state index < -0.39 is 89.7 Å². The molecule has 18 heteroatoms. The molecule has 0 aromatic heterocycles. The van der Waals surface area contributed by atoms with E-state index in [1.807, 2.05) is 0 Å². The molecule has 0 heterocycles. The van der Waals surface area contributed by atoms with Gasteiger partial charge in [-0.2, -0.15) is 0 Å². The highest BCUT2D eigenvalue weighted by Gasteiger charge is 2.61. The van der Waals surface area contributed by atoms with Gasteiger partial charge < -0.3 is 32.9 Å². The maximum absolute atomic E-state index is 7.48. The SMILES string of the molecule is CC(C)C.C[SiH](C)O[Si](O[SiH](C)C)(O[SiH](C)C)C1CCCCC1.C[SiH](C)O[Si](O[SiH](C)C)(O[Si](O[SiH](C)C)(O[SiH](C)C)C1CCCCC1)C1CCCCC1. The summed E-state index contributed by atoms with van der Waals surface area (Å²) in [5.74, 6) is 0.833. The van der Waals surface area contributed by atoms with Crippen molar-refractivity contribution in [1.82, 2.24) is 0 Å². The Balaban J connectivity index is 0.000000538. The summed E-state index contributed by atoms with van der Waals surface area (Å²) in [6.07, 6.45) is 19.0. The quantitative estimate of drug-likeness (QED) is 0.119. The zero-order chi connectivity index (χ0) is 41.1. The van der Waals surface area contributed by atoms with Crippen molar-refractivity contribution in [3.8, 4) is 0 Å². The van der Waals surface area contributed by atoms with Gasteiger partial charge in [-0.15, -0.1) is 0 Å². The lowest BCUT2D eigenvalue weighted by molar-refractivity contribution is 0.150. The van der Waals surface area contributed by atoms with Gasteiger partial charge in [0.15, 0.2) is 63.3 Å². The van der Waals surface area contributed by atoms with Crippen molar-refractivity contribution in [3.63, 3.8) is 0 Å². The second kappa shape index (κ2) is 27.6. The summed E-state index contributed by atoms with van der Waals surface area (Å²) in [5, 5.41) is 0. The lowest BCUT2D eigenvalue weighted by Crippen LogP contribution is -2.66. The average Bonchev–Trinajstić information content (AvgIpc) is 3.04. The van der Waals surface area contributed by atoms with E-state index in [2.05, 4.69) is 112 Å². The zero-order valence-electron chi connectivity index (χ0n) is 38.7. The highest BCUT2D eigenvalue weighted by molar-refractivity contribution is 6.87. The van der Waals surface area contributed by atoms with Crippen LogP contribution in [0.5, 0.6) is 0 Å². The standard InChI is InChI=1S/C20H50O5Si6.C12H32O3Si4.C4H10/c1-26(2)21-30(22-27(3)4,19-15-11-9-12-16-19)25-31(23-28(5)6,24-29(7)8)20-17-13-10-14-18-20;1-16(2)13-19(14-17(3)4,15-18(5)6)12-10-8-7-9-11-12;1-4(2)3/h19-20,26-29H,9-18H2,1-8H3;12,16-18H,7-11H2,1-6H3;4H,1-3H3. The van der Waals surface area contributed by atoms with Gasteiger partial charge in [0.1, 0.15) is 0 Å². The van der Waals surface area contributed by atoms with Crippen LogP contribution >= 0.6 is 0 Å². The van der Waals surface area contributed by atoms with Gasteiger partial charge in [-0.1, -0.05) is 78.6 Å². The maximum atomic E-state index is 7.48. The van der Waals surface area contributed by atoms with Crippen molar-refractivity contribution in [3.05, 3.63) is 0 Å². The Morgan fingerprint density at radius 1 is 0.315 bits per heavy atom. The summed E-state index contributed by atoms with van der Waals surface area (Å²) in [6, 6.07) is 0. The van der Waals surface area contributed by atoms with E-state index >= 15 is 0 Å². The molecule has 0 saturated heterocycles. The van der Waals surface area contributed by atoms with Crippen LogP contribution in [0.2, 0.25) is 108 Å². The maximum Gasteiger partial charge on any atom is 0.475 e. The lowest BCUT2D eigenvalue weighted by atomic mass is 10.0. The fraction of sp³-hybridized carbons (Fsp3) is 1.00. The van der Waals surface area contributed by atoms with Crippen LogP contribution in [0.1, 0.15) is 117 Å². The van der Waals surface area contributed by atoms with Crippen molar-refractivity contribution in [2.75, 3.05) is 0 Å². The van der Waals surface area contributed by atoms with Crippen molar-refractivity contribution < 1.29 is 32.9 Å². The molecule has 3 fully saturated rings. The molecule has 8 nitrogen and oxygen atoms in total. The van der Waals surface area contributed by atoms with Crippen LogP contribution in [0.3, 0.4) is 0 Å². The largest absolute Gasteiger partial charge is 0.475 e. The van der Waals surface area contributed by atoms with Crippen LogP contribution in [0, 0.1) is 5.92 Å². The molecule has 3 aliphatic rings. The van der Waals surface area contributed by atoms with E-state index in [9.17, 15) is 0 Å². The van der Waals surface area contributed by atoms with Gasteiger partial charge >= 0.3 is 26.4 Å². The Labute approximate surface area is 351 Å². The summed E-state index contributed by atoms with van der Waals surface area (Å²) >= 11 is 0. The van der Waals surface area contributed by atoms with E-state index in [0.29, 0.717) is 16.6 Å². The van der Waals surface area contributed by atoms with Crippen LogP contribution in [-0.2, 0) is 32.9 Å². The average molecular weight is 934 g/mol. The zero-order valence-corrected chi connectivity index (χ0v) is 49.8. The minimum absolute atomic E-state index is 0.427. The highest BCUT2D eigenvalue weighted by atomic mass is 28.5. The Kier molecular flexibility index (Phi) is 27.6. The molecule has 0 unspecified atom stereocenters. The molecule has 0 bridgehead atoms. The predicted molar refractivity (Wildman–Crippen MR) is 259 cm³/mol. The first-order valence-electron chi connectivity index (χ1n) is 22.6.